The quantitative estimate of drug-likeness (QED) is 0.540. The summed E-state index contributed by atoms with van der Waals surface area (Å²) in [5.41, 5.74) is 0. The average Bonchev–Trinajstić information content (AvgIpc) is 1.88. The molecule has 2 nitrogen and oxygen atoms in total. The van der Waals surface area contributed by atoms with Crippen LogP contribution >= 0.6 is 0 Å². The van der Waals surface area contributed by atoms with Gasteiger partial charge in [0.25, 0.3) is 0 Å². The zero-order valence-electron chi connectivity index (χ0n) is 5.72. The maximum atomic E-state index is 8.20. The highest BCUT2D eigenvalue weighted by molar-refractivity contribution is 4.30. The van der Waals surface area contributed by atoms with Crippen LogP contribution in [0.4, 0.5) is 0 Å². The first-order chi connectivity index (χ1) is 3.91. The minimum absolute atomic E-state index is 0.355. The molecule has 2 N–H and O–H groups in total. The predicted octanol–water partition coefficient (Wildman–Crippen LogP) is 0.777. The average molecular weight is 120 g/mol. The number of unbranched alkanes of at least 4 members (excludes halogenated alkanes) is 2. The van der Waals surface area contributed by atoms with Gasteiger partial charge in [-0.05, 0) is 6.42 Å². The summed E-state index contributed by atoms with van der Waals surface area (Å²) >= 11 is 0. The minimum atomic E-state index is 0.355. The van der Waals surface area contributed by atoms with Crippen LogP contribution in [0.2, 0.25) is 0 Å². The van der Waals surface area contributed by atoms with E-state index >= 15 is 0 Å². The van der Waals surface area contributed by atoms with Gasteiger partial charge in [0.2, 0.25) is 0 Å². The Labute approximate surface area is 51.2 Å². The van der Waals surface area contributed by atoms with Gasteiger partial charge in [-0.25, -0.2) is 0 Å². The molecule has 0 heterocycles. The molecule has 0 aliphatic rings. The molecule has 0 spiro atoms. The van der Waals surface area contributed by atoms with E-state index in [0.29, 0.717) is 6.61 Å². The molecule has 8 heavy (non-hydrogen) atoms. The topological polar surface area (TPSA) is 40.5 Å². The molecular formula is C6H16O2. The Balaban J connectivity index is 0. The van der Waals surface area contributed by atoms with E-state index in [-0.39, 0.29) is 0 Å². The summed E-state index contributed by atoms with van der Waals surface area (Å²) in [5, 5.41) is 15.2. The summed E-state index contributed by atoms with van der Waals surface area (Å²) in [6.45, 7) is 2.48. The molecule has 0 radical (unpaired) electrons. The van der Waals surface area contributed by atoms with Crippen LogP contribution in [-0.4, -0.2) is 23.9 Å². The second-order valence-corrected chi connectivity index (χ2v) is 1.43. The summed E-state index contributed by atoms with van der Waals surface area (Å²) in [5.74, 6) is 0. The van der Waals surface area contributed by atoms with Crippen molar-refractivity contribution in [2.75, 3.05) is 13.7 Å². The fourth-order valence-corrected chi connectivity index (χ4v) is 0.362. The third-order valence-electron chi connectivity index (χ3n) is 0.762. The van der Waals surface area contributed by atoms with E-state index in [2.05, 4.69) is 6.92 Å². The molecule has 2 heteroatoms. The fraction of sp³-hybridized carbons (Fsp3) is 1.00. The van der Waals surface area contributed by atoms with E-state index in [1.54, 1.807) is 0 Å². The zero-order valence-corrected chi connectivity index (χ0v) is 5.72. The Kier molecular flexibility index (Phi) is 21.3. The Morgan fingerprint density at radius 1 is 1.12 bits per heavy atom. The lowest BCUT2D eigenvalue weighted by Crippen LogP contribution is -1.78. The second-order valence-electron chi connectivity index (χ2n) is 1.43. The van der Waals surface area contributed by atoms with Crippen molar-refractivity contribution in [3.63, 3.8) is 0 Å². The van der Waals surface area contributed by atoms with E-state index in [9.17, 15) is 0 Å². The van der Waals surface area contributed by atoms with Crippen molar-refractivity contribution in [3.05, 3.63) is 0 Å². The molecule has 0 aromatic rings. The van der Waals surface area contributed by atoms with Crippen molar-refractivity contribution in [3.8, 4) is 0 Å². The molecule has 0 bridgehead atoms. The number of rotatable bonds is 3. The van der Waals surface area contributed by atoms with Crippen LogP contribution in [0, 0.1) is 0 Å². The van der Waals surface area contributed by atoms with Gasteiger partial charge in [-0.2, -0.15) is 0 Å². The van der Waals surface area contributed by atoms with Crippen LogP contribution in [0.25, 0.3) is 0 Å². The first-order valence-corrected chi connectivity index (χ1v) is 2.97. The molecule has 0 amide bonds. The summed E-state index contributed by atoms with van der Waals surface area (Å²) in [4.78, 5) is 0. The Morgan fingerprint density at radius 2 is 1.62 bits per heavy atom. The summed E-state index contributed by atoms with van der Waals surface area (Å²) < 4.78 is 0. The predicted molar refractivity (Wildman–Crippen MR) is 34.8 cm³/mol. The normalized spacial score (nSPS) is 7.50. The van der Waals surface area contributed by atoms with E-state index in [0.717, 1.165) is 20.0 Å². The third-order valence-corrected chi connectivity index (χ3v) is 0.762. The van der Waals surface area contributed by atoms with Crippen LogP contribution in [0.1, 0.15) is 26.2 Å². The molecule has 0 aliphatic carbocycles. The molecule has 0 aromatic carbocycles. The maximum Gasteiger partial charge on any atom is 0.0431 e. The van der Waals surface area contributed by atoms with Gasteiger partial charge in [-0.15, -0.1) is 0 Å². The van der Waals surface area contributed by atoms with Crippen molar-refractivity contribution < 1.29 is 10.2 Å². The highest BCUT2D eigenvalue weighted by atomic mass is 16.3. The Bertz CT molecular complexity index is 18.5. The Hall–Kier alpha value is -0.0800. The molecule has 0 saturated carbocycles. The largest absolute Gasteiger partial charge is 0.400 e. The van der Waals surface area contributed by atoms with Gasteiger partial charge < -0.3 is 10.2 Å². The van der Waals surface area contributed by atoms with Gasteiger partial charge in [0.05, 0.1) is 0 Å². The van der Waals surface area contributed by atoms with Gasteiger partial charge in [0, 0.05) is 13.7 Å². The van der Waals surface area contributed by atoms with E-state index in [1.165, 1.54) is 6.42 Å². The molecule has 0 saturated heterocycles. The summed E-state index contributed by atoms with van der Waals surface area (Å²) in [6, 6.07) is 0. The van der Waals surface area contributed by atoms with Crippen molar-refractivity contribution in [1.82, 2.24) is 0 Å². The maximum absolute atomic E-state index is 8.20. The molecule has 0 fully saturated rings. The van der Waals surface area contributed by atoms with Crippen molar-refractivity contribution in [1.29, 1.82) is 0 Å². The lowest BCUT2D eigenvalue weighted by Gasteiger charge is -1.85. The molecule has 52 valence electrons. The molecule has 0 aliphatic heterocycles. The molecular weight excluding hydrogens is 104 g/mol. The van der Waals surface area contributed by atoms with Crippen LogP contribution in [0.15, 0.2) is 0 Å². The first-order valence-electron chi connectivity index (χ1n) is 2.97. The van der Waals surface area contributed by atoms with Gasteiger partial charge >= 0.3 is 0 Å². The zero-order chi connectivity index (χ0) is 6.83. The number of aliphatic hydroxyl groups is 2. The summed E-state index contributed by atoms with van der Waals surface area (Å²) in [6.07, 6.45) is 3.33. The minimum Gasteiger partial charge on any atom is -0.400 e. The van der Waals surface area contributed by atoms with Gasteiger partial charge in [0.15, 0.2) is 0 Å². The lowest BCUT2D eigenvalue weighted by atomic mass is 10.3. The molecule has 0 unspecified atom stereocenters. The smallest absolute Gasteiger partial charge is 0.0431 e. The molecule has 0 atom stereocenters. The Morgan fingerprint density at radius 3 is 1.75 bits per heavy atom. The highest BCUT2D eigenvalue weighted by Crippen LogP contribution is 1.89. The fourth-order valence-electron chi connectivity index (χ4n) is 0.362. The number of hydrogen-bond acceptors (Lipinski definition) is 2. The van der Waals surface area contributed by atoms with Crippen molar-refractivity contribution in [2.45, 2.75) is 26.2 Å². The van der Waals surface area contributed by atoms with Gasteiger partial charge in [-0.3, -0.25) is 0 Å². The molecule has 0 aromatic heterocycles. The van der Waals surface area contributed by atoms with Crippen LogP contribution in [0.5, 0.6) is 0 Å². The number of hydrogen-bond donors (Lipinski definition) is 2. The monoisotopic (exact) mass is 120 g/mol. The van der Waals surface area contributed by atoms with Gasteiger partial charge in [-0.1, -0.05) is 19.8 Å². The van der Waals surface area contributed by atoms with Crippen molar-refractivity contribution in [2.24, 2.45) is 0 Å². The van der Waals surface area contributed by atoms with E-state index in [4.69, 9.17) is 10.2 Å². The SMILES string of the molecule is CCCCCO.CO. The van der Waals surface area contributed by atoms with Gasteiger partial charge in [0.1, 0.15) is 0 Å². The standard InChI is InChI=1S/C5H12O.CH4O/c1-2-3-4-5-6;1-2/h6H,2-5H2,1H3;2H,1H3. The van der Waals surface area contributed by atoms with E-state index < -0.39 is 0 Å². The van der Waals surface area contributed by atoms with Crippen LogP contribution in [0.3, 0.4) is 0 Å². The van der Waals surface area contributed by atoms with E-state index in [1.807, 2.05) is 0 Å². The van der Waals surface area contributed by atoms with Crippen LogP contribution < -0.4 is 0 Å². The number of aliphatic hydroxyl groups excluding tert-OH is 2. The highest BCUT2D eigenvalue weighted by Gasteiger charge is 1.76. The second kappa shape index (κ2) is 15.8. The van der Waals surface area contributed by atoms with Crippen LogP contribution in [-0.2, 0) is 0 Å². The third kappa shape index (κ3) is 16.8. The first kappa shape index (κ1) is 10.8. The van der Waals surface area contributed by atoms with Crippen molar-refractivity contribution >= 4 is 0 Å². The molecule has 0 rings (SSSR count). The summed E-state index contributed by atoms with van der Waals surface area (Å²) in [7, 11) is 1.00. The lowest BCUT2D eigenvalue weighted by molar-refractivity contribution is 0.284.